The number of benzene rings is 2. The molecule has 0 spiro atoms. The van der Waals surface area contributed by atoms with Crippen molar-refractivity contribution < 1.29 is 31.5 Å². The number of allylic oxidation sites excluding steroid dienone is 3. The third kappa shape index (κ3) is 7.06. The molecular weight excluding hydrogens is 514 g/mol. The molecule has 0 aliphatic heterocycles. The van der Waals surface area contributed by atoms with E-state index in [0.29, 0.717) is 23.5 Å². The number of ether oxygens (including phenoxy) is 1. The molecule has 0 fully saturated rings. The van der Waals surface area contributed by atoms with E-state index in [4.69, 9.17) is 4.74 Å². The number of hydrogen-bond acceptors (Lipinski definition) is 5. The fraction of sp³-hybridized carbons (Fsp3) is 0.357. The van der Waals surface area contributed by atoms with Crippen LogP contribution in [0.2, 0.25) is 0 Å². The van der Waals surface area contributed by atoms with Gasteiger partial charge in [0.15, 0.2) is 27.0 Å². The zero-order valence-electron chi connectivity index (χ0n) is 21.8. The standard InChI is InChI=1S/C28H32F2N2O5S/c1-5-32(27(34)28(3,4)37-25-16-9-20(29)18-24(25)30)22-12-10-21(11-13-22)31-26(33)17-19-7-14-23(15-8-19)38(35,36)6-2/h7-8,10-16,18,20H,5-6,9,17H2,1-4H3,(H,31,33). The van der Waals surface area contributed by atoms with Gasteiger partial charge in [0.1, 0.15) is 6.17 Å². The van der Waals surface area contributed by atoms with Crippen molar-refractivity contribution in [2.75, 3.05) is 22.5 Å². The van der Waals surface area contributed by atoms with Crippen molar-refractivity contribution in [3.8, 4) is 0 Å². The molecule has 1 N–H and O–H groups in total. The number of anilines is 2. The number of nitrogens with zero attached hydrogens (tertiary/aromatic N) is 1. The molecule has 0 saturated heterocycles. The first-order valence-electron chi connectivity index (χ1n) is 12.3. The molecule has 0 bridgehead atoms. The number of rotatable bonds is 10. The highest BCUT2D eigenvalue weighted by Crippen LogP contribution is 2.30. The lowest BCUT2D eigenvalue weighted by Crippen LogP contribution is -2.47. The van der Waals surface area contributed by atoms with Crippen LogP contribution in [0, 0.1) is 0 Å². The molecule has 1 aliphatic carbocycles. The van der Waals surface area contributed by atoms with E-state index in [2.05, 4.69) is 5.32 Å². The Morgan fingerprint density at radius 2 is 1.71 bits per heavy atom. The zero-order valence-corrected chi connectivity index (χ0v) is 22.6. The van der Waals surface area contributed by atoms with Crippen molar-refractivity contribution in [2.24, 2.45) is 0 Å². The molecule has 2 amide bonds. The lowest BCUT2D eigenvalue weighted by Gasteiger charge is -2.33. The van der Waals surface area contributed by atoms with Crippen LogP contribution in [0.4, 0.5) is 20.2 Å². The van der Waals surface area contributed by atoms with Crippen LogP contribution in [0.3, 0.4) is 0 Å². The van der Waals surface area contributed by atoms with Crippen LogP contribution in [0.15, 0.2) is 77.2 Å². The Hall–Kier alpha value is -3.53. The summed E-state index contributed by atoms with van der Waals surface area (Å²) >= 11 is 0. The monoisotopic (exact) mass is 546 g/mol. The van der Waals surface area contributed by atoms with Gasteiger partial charge in [-0.2, -0.15) is 0 Å². The maximum Gasteiger partial charge on any atom is 0.270 e. The topological polar surface area (TPSA) is 92.8 Å². The summed E-state index contributed by atoms with van der Waals surface area (Å²) in [6, 6.07) is 12.9. The highest BCUT2D eigenvalue weighted by molar-refractivity contribution is 7.91. The number of amides is 2. The third-order valence-electron chi connectivity index (χ3n) is 6.02. The summed E-state index contributed by atoms with van der Waals surface area (Å²) in [5.74, 6) is -1.69. The SMILES string of the molecule is CCN(C(=O)C(C)(C)OC1=CCC(F)C=C1F)c1ccc(NC(=O)Cc2ccc(S(=O)(=O)CC)cc2)cc1. The van der Waals surface area contributed by atoms with E-state index < -0.39 is 33.3 Å². The van der Waals surface area contributed by atoms with Crippen LogP contribution in [-0.4, -0.2) is 44.3 Å². The quantitative estimate of drug-likeness (QED) is 0.437. The van der Waals surface area contributed by atoms with Gasteiger partial charge in [-0.25, -0.2) is 17.2 Å². The highest BCUT2D eigenvalue weighted by Gasteiger charge is 2.36. The van der Waals surface area contributed by atoms with Crippen molar-refractivity contribution in [1.82, 2.24) is 0 Å². The first-order valence-corrected chi connectivity index (χ1v) is 14.0. The average molecular weight is 547 g/mol. The summed E-state index contributed by atoms with van der Waals surface area (Å²) in [6.45, 7) is 6.71. The third-order valence-corrected chi connectivity index (χ3v) is 7.77. The molecule has 7 nitrogen and oxygen atoms in total. The van der Waals surface area contributed by atoms with Gasteiger partial charge in [0.25, 0.3) is 5.91 Å². The van der Waals surface area contributed by atoms with Crippen molar-refractivity contribution in [1.29, 1.82) is 0 Å². The first kappa shape index (κ1) is 29.0. The molecule has 38 heavy (non-hydrogen) atoms. The minimum Gasteiger partial charge on any atom is -0.475 e. The van der Waals surface area contributed by atoms with Crippen molar-refractivity contribution in [2.45, 2.75) is 57.2 Å². The molecule has 0 radical (unpaired) electrons. The van der Waals surface area contributed by atoms with Gasteiger partial charge in [0.2, 0.25) is 5.91 Å². The van der Waals surface area contributed by atoms with E-state index in [-0.39, 0.29) is 35.2 Å². The Kier molecular flexibility index (Phi) is 9.09. The first-order chi connectivity index (χ1) is 17.9. The Labute approximate surface area is 222 Å². The van der Waals surface area contributed by atoms with Crippen molar-refractivity contribution in [3.63, 3.8) is 0 Å². The summed E-state index contributed by atoms with van der Waals surface area (Å²) in [7, 11) is -3.30. The second kappa shape index (κ2) is 11.9. The number of halogens is 2. The van der Waals surface area contributed by atoms with Gasteiger partial charge in [-0.1, -0.05) is 19.1 Å². The van der Waals surface area contributed by atoms with E-state index in [1.807, 2.05) is 0 Å². The van der Waals surface area contributed by atoms with Crippen molar-refractivity contribution >= 4 is 33.0 Å². The summed E-state index contributed by atoms with van der Waals surface area (Å²) in [5, 5.41) is 2.78. The maximum absolute atomic E-state index is 14.1. The van der Waals surface area contributed by atoms with Crippen LogP contribution in [0.1, 0.15) is 39.7 Å². The number of alkyl halides is 1. The molecular formula is C28H32F2N2O5S. The average Bonchev–Trinajstić information content (AvgIpc) is 2.87. The van der Waals surface area contributed by atoms with E-state index in [1.54, 1.807) is 50.2 Å². The van der Waals surface area contributed by atoms with Gasteiger partial charge in [-0.3, -0.25) is 9.59 Å². The van der Waals surface area contributed by atoms with Gasteiger partial charge < -0.3 is 15.0 Å². The molecule has 0 heterocycles. The fourth-order valence-corrected chi connectivity index (χ4v) is 4.78. The highest BCUT2D eigenvalue weighted by atomic mass is 32.2. The van der Waals surface area contributed by atoms with E-state index >= 15 is 0 Å². The molecule has 1 aliphatic rings. The summed E-state index contributed by atoms with van der Waals surface area (Å²) < 4.78 is 57.0. The van der Waals surface area contributed by atoms with Gasteiger partial charge in [0.05, 0.1) is 17.1 Å². The van der Waals surface area contributed by atoms with Gasteiger partial charge in [0, 0.05) is 24.3 Å². The smallest absolute Gasteiger partial charge is 0.270 e. The summed E-state index contributed by atoms with van der Waals surface area (Å²) in [4.78, 5) is 27.4. The van der Waals surface area contributed by atoms with Crippen LogP contribution in [-0.2, 0) is 30.6 Å². The van der Waals surface area contributed by atoms with Crippen molar-refractivity contribution in [3.05, 3.63) is 77.8 Å². The van der Waals surface area contributed by atoms with E-state index in [0.717, 1.165) is 6.08 Å². The number of carbonyl (C=O) groups is 2. The molecule has 10 heteroatoms. The zero-order chi connectivity index (χ0) is 28.1. The minimum atomic E-state index is -3.30. The maximum atomic E-state index is 14.1. The predicted octanol–water partition coefficient (Wildman–Crippen LogP) is 5.29. The number of sulfone groups is 1. The number of nitrogens with one attached hydrogen (secondary N) is 1. The Balaban J connectivity index is 1.64. The molecule has 1 atom stereocenters. The Morgan fingerprint density at radius 1 is 1.08 bits per heavy atom. The minimum absolute atomic E-state index is 0.00320. The van der Waals surface area contributed by atoms with E-state index in [9.17, 15) is 26.8 Å². The Morgan fingerprint density at radius 3 is 2.26 bits per heavy atom. The number of carbonyl (C=O) groups excluding carboxylic acids is 2. The Bertz CT molecular complexity index is 1330. The second-order valence-electron chi connectivity index (χ2n) is 9.32. The summed E-state index contributed by atoms with van der Waals surface area (Å²) in [5.41, 5.74) is 0.316. The predicted molar refractivity (Wildman–Crippen MR) is 143 cm³/mol. The number of likely N-dealkylation sites (N-methyl/N-ethyl adjacent to an activating group) is 1. The lowest BCUT2D eigenvalue weighted by molar-refractivity contribution is -0.135. The molecule has 204 valence electrons. The molecule has 0 saturated carbocycles. The van der Waals surface area contributed by atoms with Crippen LogP contribution in [0.25, 0.3) is 0 Å². The summed E-state index contributed by atoms with van der Waals surface area (Å²) in [6.07, 6.45) is 0.737. The molecule has 3 rings (SSSR count). The van der Waals surface area contributed by atoms with Crippen LogP contribution >= 0.6 is 0 Å². The van der Waals surface area contributed by atoms with Gasteiger partial charge >= 0.3 is 0 Å². The normalized spacial score (nSPS) is 15.8. The van der Waals surface area contributed by atoms with Gasteiger partial charge in [-0.05, 0) is 74.9 Å². The molecule has 2 aromatic carbocycles. The largest absolute Gasteiger partial charge is 0.475 e. The van der Waals surface area contributed by atoms with Gasteiger partial charge in [-0.15, -0.1) is 0 Å². The number of hydrogen-bond donors (Lipinski definition) is 1. The molecule has 0 aromatic heterocycles. The lowest BCUT2D eigenvalue weighted by atomic mass is 10.1. The molecule has 2 aromatic rings. The van der Waals surface area contributed by atoms with E-state index in [1.165, 1.54) is 37.0 Å². The van der Waals surface area contributed by atoms with Crippen LogP contribution in [0.5, 0.6) is 0 Å². The van der Waals surface area contributed by atoms with Crippen LogP contribution < -0.4 is 10.2 Å². The molecule has 1 unspecified atom stereocenters. The second-order valence-corrected chi connectivity index (χ2v) is 11.6. The fourth-order valence-electron chi connectivity index (χ4n) is 3.90.